The number of nitrogens with zero attached hydrogens (tertiary/aromatic N) is 2. The van der Waals surface area contributed by atoms with Gasteiger partial charge in [-0.25, -0.2) is 0 Å². The molecule has 0 N–H and O–H groups in total. The Bertz CT molecular complexity index is 751. The normalized spacial score (nSPS) is 21.0. The highest BCUT2D eigenvalue weighted by molar-refractivity contribution is 6.02. The Morgan fingerprint density at radius 3 is 2.61 bits per heavy atom. The molecule has 6 nitrogen and oxygen atoms in total. The molecule has 1 saturated heterocycles. The average molecular weight is 386 g/mol. The molecule has 1 atom stereocenters. The van der Waals surface area contributed by atoms with Crippen LogP contribution in [-0.4, -0.2) is 48.3 Å². The lowest BCUT2D eigenvalue weighted by Gasteiger charge is -2.40. The van der Waals surface area contributed by atoms with Gasteiger partial charge in [-0.15, -0.1) is 0 Å². The maximum Gasteiger partial charge on any atom is 0.312 e. The molecule has 28 heavy (non-hydrogen) atoms. The second-order valence-corrected chi connectivity index (χ2v) is 7.72. The van der Waals surface area contributed by atoms with E-state index >= 15 is 0 Å². The van der Waals surface area contributed by atoms with Crippen LogP contribution in [0.25, 0.3) is 0 Å². The van der Waals surface area contributed by atoms with Crippen molar-refractivity contribution in [3.63, 3.8) is 0 Å². The van der Waals surface area contributed by atoms with Crippen molar-refractivity contribution in [3.05, 3.63) is 35.4 Å². The summed E-state index contributed by atoms with van der Waals surface area (Å²) in [5.41, 5.74) is 2.58. The maximum atomic E-state index is 12.8. The van der Waals surface area contributed by atoms with Crippen LogP contribution in [0.3, 0.4) is 0 Å². The van der Waals surface area contributed by atoms with Gasteiger partial charge in [0.05, 0.1) is 17.7 Å². The van der Waals surface area contributed by atoms with Crippen molar-refractivity contribution in [2.24, 2.45) is 10.6 Å². The second kappa shape index (κ2) is 8.76. The number of benzene rings is 1. The van der Waals surface area contributed by atoms with Gasteiger partial charge in [-0.2, -0.15) is 0 Å². The van der Waals surface area contributed by atoms with E-state index in [1.165, 1.54) is 0 Å². The maximum absolute atomic E-state index is 12.8. The first-order valence-corrected chi connectivity index (χ1v) is 10.2. The molecule has 1 aromatic rings. The second-order valence-electron chi connectivity index (χ2n) is 7.72. The van der Waals surface area contributed by atoms with Crippen LogP contribution in [0.1, 0.15) is 57.1 Å². The molecule has 152 valence electrons. The van der Waals surface area contributed by atoms with Crippen molar-refractivity contribution >= 4 is 17.6 Å². The van der Waals surface area contributed by atoms with Gasteiger partial charge in [-0.3, -0.25) is 9.59 Å². The summed E-state index contributed by atoms with van der Waals surface area (Å²) in [5, 5.41) is 4.31. The first kappa shape index (κ1) is 20.4. The fraction of sp³-hybridized carbons (Fsp3) is 0.591. The number of ether oxygens (including phenoxy) is 1. The Balaban J connectivity index is 1.69. The summed E-state index contributed by atoms with van der Waals surface area (Å²) in [6.45, 7) is 7.28. The quantitative estimate of drug-likeness (QED) is 0.702. The summed E-state index contributed by atoms with van der Waals surface area (Å²) in [6, 6.07) is 8.12. The predicted molar refractivity (Wildman–Crippen MR) is 107 cm³/mol. The number of piperidine rings is 1. The Labute approximate surface area is 166 Å². The van der Waals surface area contributed by atoms with E-state index in [4.69, 9.17) is 9.57 Å². The van der Waals surface area contributed by atoms with Crippen molar-refractivity contribution in [1.29, 1.82) is 0 Å². The number of hydrogen-bond donors (Lipinski definition) is 0. The summed E-state index contributed by atoms with van der Waals surface area (Å²) in [6.07, 6.45) is 2.81. The van der Waals surface area contributed by atoms with Crippen molar-refractivity contribution < 1.29 is 19.2 Å². The Hall–Kier alpha value is -2.37. The van der Waals surface area contributed by atoms with Crippen LogP contribution in [0.4, 0.5) is 0 Å². The molecule has 0 spiro atoms. The van der Waals surface area contributed by atoms with Crippen LogP contribution in [0.2, 0.25) is 0 Å². The first-order valence-electron chi connectivity index (χ1n) is 10.2. The Kier molecular flexibility index (Phi) is 6.37. The van der Waals surface area contributed by atoms with E-state index in [1.54, 1.807) is 0 Å². The fourth-order valence-electron chi connectivity index (χ4n) is 4.21. The van der Waals surface area contributed by atoms with Gasteiger partial charge < -0.3 is 14.5 Å². The van der Waals surface area contributed by atoms with E-state index in [0.29, 0.717) is 51.8 Å². The van der Waals surface area contributed by atoms with Gasteiger partial charge in [0.1, 0.15) is 6.10 Å². The number of oxime groups is 1. The molecule has 1 fully saturated rings. The number of carbonyl (C=O) groups excluding carboxylic acids is 2. The number of carbonyl (C=O) groups is 2. The van der Waals surface area contributed by atoms with Crippen molar-refractivity contribution in [2.75, 3.05) is 19.7 Å². The standard InChI is InChI=1S/C22H30N2O4/c1-4-20(25)24-12-10-22(11-13-24,21(26)27-5-2)15-17-14-19(23-28-17)18-9-7-6-8-16(18)3/h6-9,17H,4-5,10-15H2,1-3H3/t17-/m0/s1. The van der Waals surface area contributed by atoms with Crippen LogP contribution in [-0.2, 0) is 19.2 Å². The zero-order valence-corrected chi connectivity index (χ0v) is 17.1. The number of likely N-dealkylation sites (tertiary alicyclic amines) is 1. The molecule has 2 aliphatic rings. The lowest BCUT2D eigenvalue weighted by atomic mass is 9.73. The van der Waals surface area contributed by atoms with Gasteiger partial charge in [0, 0.05) is 37.9 Å². The zero-order chi connectivity index (χ0) is 20.1. The number of hydrogen-bond acceptors (Lipinski definition) is 5. The highest BCUT2D eigenvalue weighted by Crippen LogP contribution is 2.40. The van der Waals surface area contributed by atoms with Gasteiger partial charge in [0.25, 0.3) is 0 Å². The fourth-order valence-corrected chi connectivity index (χ4v) is 4.21. The molecule has 0 aliphatic carbocycles. The summed E-state index contributed by atoms with van der Waals surface area (Å²) >= 11 is 0. The van der Waals surface area contributed by atoms with Gasteiger partial charge in [0.2, 0.25) is 5.91 Å². The SMILES string of the molecule is CCOC(=O)C1(C[C@@H]2CC(c3ccccc3C)=NO2)CCN(C(=O)CC)CC1. The summed E-state index contributed by atoms with van der Waals surface area (Å²) in [4.78, 5) is 32.4. The molecule has 0 unspecified atom stereocenters. The molecule has 0 saturated carbocycles. The molecule has 0 radical (unpaired) electrons. The Morgan fingerprint density at radius 2 is 1.96 bits per heavy atom. The lowest BCUT2D eigenvalue weighted by Crippen LogP contribution is -2.48. The van der Waals surface area contributed by atoms with Crippen LogP contribution in [0, 0.1) is 12.3 Å². The van der Waals surface area contributed by atoms with E-state index in [1.807, 2.05) is 30.9 Å². The first-order chi connectivity index (χ1) is 13.5. The minimum Gasteiger partial charge on any atom is -0.466 e. The van der Waals surface area contributed by atoms with Crippen molar-refractivity contribution in [2.45, 2.75) is 59.0 Å². The number of amides is 1. The van der Waals surface area contributed by atoms with Crippen LogP contribution >= 0.6 is 0 Å². The molecule has 1 amide bonds. The molecular weight excluding hydrogens is 356 g/mol. The summed E-state index contributed by atoms with van der Waals surface area (Å²) < 4.78 is 5.41. The summed E-state index contributed by atoms with van der Waals surface area (Å²) in [5.74, 6) is -0.0358. The third-order valence-corrected chi connectivity index (χ3v) is 5.89. The van der Waals surface area contributed by atoms with Gasteiger partial charge in [0.15, 0.2) is 0 Å². The zero-order valence-electron chi connectivity index (χ0n) is 17.1. The monoisotopic (exact) mass is 386 g/mol. The minimum absolute atomic E-state index is 0.139. The Morgan fingerprint density at radius 1 is 1.25 bits per heavy atom. The molecule has 6 heteroatoms. The summed E-state index contributed by atoms with van der Waals surface area (Å²) in [7, 11) is 0. The van der Waals surface area contributed by atoms with Crippen LogP contribution in [0.5, 0.6) is 0 Å². The molecule has 2 heterocycles. The van der Waals surface area contributed by atoms with Gasteiger partial charge in [-0.05, 0) is 32.3 Å². The highest BCUT2D eigenvalue weighted by Gasteiger charge is 2.46. The smallest absolute Gasteiger partial charge is 0.312 e. The average Bonchev–Trinajstić information content (AvgIpc) is 3.16. The van der Waals surface area contributed by atoms with E-state index < -0.39 is 5.41 Å². The number of aryl methyl sites for hydroxylation is 1. The van der Waals surface area contributed by atoms with Gasteiger partial charge >= 0.3 is 5.97 Å². The molecule has 2 aliphatic heterocycles. The number of rotatable bonds is 6. The molecule has 3 rings (SSSR count). The minimum atomic E-state index is -0.609. The van der Waals surface area contributed by atoms with Crippen LogP contribution < -0.4 is 0 Å². The topological polar surface area (TPSA) is 68.2 Å². The van der Waals surface area contributed by atoms with E-state index in [2.05, 4.69) is 24.2 Å². The third kappa shape index (κ3) is 4.21. The predicted octanol–water partition coefficient (Wildman–Crippen LogP) is 3.46. The largest absolute Gasteiger partial charge is 0.466 e. The van der Waals surface area contributed by atoms with E-state index in [0.717, 1.165) is 16.8 Å². The third-order valence-electron chi connectivity index (χ3n) is 5.89. The van der Waals surface area contributed by atoms with Crippen molar-refractivity contribution in [3.8, 4) is 0 Å². The van der Waals surface area contributed by atoms with E-state index in [9.17, 15) is 9.59 Å². The number of esters is 1. The van der Waals surface area contributed by atoms with Crippen molar-refractivity contribution in [1.82, 2.24) is 4.90 Å². The van der Waals surface area contributed by atoms with Gasteiger partial charge in [-0.1, -0.05) is 36.3 Å². The highest BCUT2D eigenvalue weighted by atomic mass is 16.6. The molecule has 0 aromatic heterocycles. The molecular formula is C22H30N2O4. The lowest BCUT2D eigenvalue weighted by molar-refractivity contribution is -0.163. The van der Waals surface area contributed by atoms with Crippen LogP contribution in [0.15, 0.2) is 29.4 Å². The molecule has 0 bridgehead atoms. The van der Waals surface area contributed by atoms with E-state index in [-0.39, 0.29) is 18.0 Å². The molecule has 1 aromatic carbocycles.